The molecule has 3 aromatic heterocycles. The first-order valence-corrected chi connectivity index (χ1v) is 12.6. The summed E-state index contributed by atoms with van der Waals surface area (Å²) in [7, 11) is 1.67. The number of fused-ring (bicyclic) bond motifs is 1. The van der Waals surface area contributed by atoms with Crippen molar-refractivity contribution in [3.05, 3.63) is 64.7 Å². The van der Waals surface area contributed by atoms with E-state index in [-0.39, 0.29) is 31.1 Å². The van der Waals surface area contributed by atoms with Crippen molar-refractivity contribution in [1.29, 1.82) is 0 Å². The molecule has 10 heteroatoms. The zero-order valence-electron chi connectivity index (χ0n) is 21.1. The van der Waals surface area contributed by atoms with Crippen LogP contribution in [0.1, 0.15) is 36.6 Å². The smallest absolute Gasteiger partial charge is 0.245 e. The van der Waals surface area contributed by atoms with E-state index in [1.54, 1.807) is 19.3 Å². The highest BCUT2D eigenvalue weighted by Gasteiger charge is 2.41. The van der Waals surface area contributed by atoms with E-state index in [0.29, 0.717) is 40.0 Å². The maximum Gasteiger partial charge on any atom is 0.245 e. The molecule has 37 heavy (non-hydrogen) atoms. The molecule has 5 rings (SSSR count). The van der Waals surface area contributed by atoms with Crippen LogP contribution in [-0.4, -0.2) is 66.2 Å². The molecule has 4 aromatic rings. The Balaban J connectivity index is 1.56. The van der Waals surface area contributed by atoms with Gasteiger partial charge in [-0.1, -0.05) is 17.7 Å². The maximum absolute atomic E-state index is 12.4. The third kappa shape index (κ3) is 5.42. The summed E-state index contributed by atoms with van der Waals surface area (Å²) in [4.78, 5) is 32.3. The van der Waals surface area contributed by atoms with Crippen LogP contribution < -0.4 is 4.74 Å². The van der Waals surface area contributed by atoms with Crippen LogP contribution in [-0.2, 0) is 17.8 Å². The second-order valence-corrected chi connectivity index (χ2v) is 10.2. The number of benzene rings is 1. The monoisotopic (exact) mass is 520 g/mol. The Morgan fingerprint density at radius 1 is 1.22 bits per heavy atom. The lowest BCUT2D eigenvalue weighted by Crippen LogP contribution is -2.30. The van der Waals surface area contributed by atoms with Crippen molar-refractivity contribution in [2.75, 3.05) is 20.2 Å². The summed E-state index contributed by atoms with van der Waals surface area (Å²) in [6.45, 7) is 4.72. The van der Waals surface area contributed by atoms with Crippen LogP contribution in [0.2, 0.25) is 5.02 Å². The van der Waals surface area contributed by atoms with E-state index in [9.17, 15) is 4.79 Å². The number of rotatable bonds is 9. The molecular formula is C27H29ClN6O3. The van der Waals surface area contributed by atoms with E-state index in [1.807, 2.05) is 35.8 Å². The third-order valence-corrected chi connectivity index (χ3v) is 6.89. The van der Waals surface area contributed by atoms with Crippen molar-refractivity contribution < 1.29 is 14.6 Å². The van der Waals surface area contributed by atoms with Gasteiger partial charge in [0.25, 0.3) is 0 Å². The summed E-state index contributed by atoms with van der Waals surface area (Å²) in [5.41, 5.74) is 4.43. The highest BCUT2D eigenvalue weighted by Crippen LogP contribution is 2.41. The second-order valence-electron chi connectivity index (χ2n) is 9.78. The van der Waals surface area contributed by atoms with Gasteiger partial charge in [-0.25, -0.2) is 9.97 Å². The van der Waals surface area contributed by atoms with Crippen LogP contribution >= 0.6 is 11.6 Å². The quantitative estimate of drug-likeness (QED) is 0.357. The number of carbonyl (C=O) groups excluding carboxylic acids is 1. The van der Waals surface area contributed by atoms with Crippen LogP contribution in [0.25, 0.3) is 22.6 Å². The van der Waals surface area contributed by atoms with Gasteiger partial charge < -0.3 is 19.3 Å². The first kappa shape index (κ1) is 25.1. The molecule has 1 fully saturated rings. The minimum absolute atomic E-state index is 0.0817. The number of imidazole rings is 1. The van der Waals surface area contributed by atoms with Crippen molar-refractivity contribution in [3.8, 4) is 17.3 Å². The van der Waals surface area contributed by atoms with Gasteiger partial charge in [0, 0.05) is 25.4 Å². The van der Waals surface area contributed by atoms with E-state index in [2.05, 4.69) is 21.9 Å². The van der Waals surface area contributed by atoms with Gasteiger partial charge in [-0.3, -0.25) is 9.78 Å². The molecule has 3 heterocycles. The Morgan fingerprint density at radius 3 is 2.73 bits per heavy atom. The number of nitrogens with zero attached hydrogens (tertiary/aromatic N) is 6. The lowest BCUT2D eigenvalue weighted by atomic mass is 10.1. The number of likely N-dealkylation sites (N-methyl/N-ethyl adjacent to an activating group) is 1. The average molecular weight is 521 g/mol. The number of hydrogen-bond donors (Lipinski definition) is 1. The number of carbonyl (C=O) groups is 1. The van der Waals surface area contributed by atoms with Crippen LogP contribution in [0.3, 0.4) is 0 Å². The van der Waals surface area contributed by atoms with Crippen LogP contribution in [0.5, 0.6) is 5.88 Å². The van der Waals surface area contributed by atoms with E-state index >= 15 is 0 Å². The largest absolute Gasteiger partial charge is 0.470 e. The number of aliphatic hydroxyl groups excluding tert-OH is 1. The Kier molecular flexibility index (Phi) is 6.83. The van der Waals surface area contributed by atoms with Gasteiger partial charge in [-0.15, -0.1) is 0 Å². The van der Waals surface area contributed by atoms with Gasteiger partial charge in [-0.05, 0) is 62.1 Å². The number of hydrogen-bond acceptors (Lipinski definition) is 7. The molecule has 0 bridgehead atoms. The molecule has 0 unspecified atom stereocenters. The van der Waals surface area contributed by atoms with Crippen LogP contribution in [0, 0.1) is 6.92 Å². The van der Waals surface area contributed by atoms with E-state index in [0.717, 1.165) is 29.7 Å². The summed E-state index contributed by atoms with van der Waals surface area (Å²) in [6.07, 6.45) is 5.40. The predicted molar refractivity (Wildman–Crippen MR) is 141 cm³/mol. The fourth-order valence-corrected chi connectivity index (χ4v) is 4.43. The molecule has 1 amide bonds. The number of aryl methyl sites for hydroxylation is 1. The molecular weight excluding hydrogens is 492 g/mol. The zero-order chi connectivity index (χ0) is 26.2. The molecule has 0 saturated heterocycles. The van der Waals surface area contributed by atoms with Gasteiger partial charge in [0.1, 0.15) is 17.8 Å². The van der Waals surface area contributed by atoms with E-state index < -0.39 is 0 Å². The molecule has 0 radical (unpaired) electrons. The Morgan fingerprint density at radius 2 is 2.03 bits per heavy atom. The topological polar surface area (TPSA) is 106 Å². The molecule has 1 saturated carbocycles. The first-order valence-electron chi connectivity index (χ1n) is 12.2. The number of halogens is 1. The standard InChI is InChI=1S/C27H29ClN6O3/c1-17-6-9-29-19(12-17)15-34-24(32-23-25(34)30-16-31-26(23)37-27(2)7-8-27)20-5-4-18(13-21(20)28)14-22(36)33(3)10-11-35/h4-6,9,12-13,16,35H,7-8,10-11,14-15H2,1-3H3. The van der Waals surface area contributed by atoms with Gasteiger partial charge >= 0.3 is 0 Å². The van der Waals surface area contributed by atoms with Crippen molar-refractivity contribution in [3.63, 3.8) is 0 Å². The predicted octanol–water partition coefficient (Wildman–Crippen LogP) is 3.82. The van der Waals surface area contributed by atoms with Gasteiger partial charge in [-0.2, -0.15) is 4.98 Å². The molecule has 0 spiro atoms. The molecule has 9 nitrogen and oxygen atoms in total. The molecule has 192 valence electrons. The van der Waals surface area contributed by atoms with E-state index in [1.165, 1.54) is 11.2 Å². The van der Waals surface area contributed by atoms with E-state index in [4.69, 9.17) is 26.4 Å². The average Bonchev–Trinajstić information content (AvgIpc) is 3.47. The SMILES string of the molecule is Cc1ccnc(Cn2c(-c3ccc(CC(=O)N(C)CCO)cc3Cl)nc3c(OC4(C)CC4)ncnc32)c1. The summed E-state index contributed by atoms with van der Waals surface area (Å²) in [6, 6.07) is 9.50. The number of aliphatic hydroxyl groups is 1. The first-order chi connectivity index (χ1) is 17.8. The summed E-state index contributed by atoms with van der Waals surface area (Å²) in [5.74, 6) is 0.971. The summed E-state index contributed by atoms with van der Waals surface area (Å²) < 4.78 is 8.17. The maximum atomic E-state index is 12.4. The highest BCUT2D eigenvalue weighted by molar-refractivity contribution is 6.33. The Bertz CT molecular complexity index is 1470. The Labute approximate surface area is 220 Å². The molecule has 0 aliphatic heterocycles. The Hall–Kier alpha value is -3.56. The number of amides is 1. The lowest BCUT2D eigenvalue weighted by molar-refractivity contribution is -0.129. The molecule has 0 atom stereocenters. The van der Waals surface area contributed by atoms with Crippen molar-refractivity contribution in [2.24, 2.45) is 0 Å². The van der Waals surface area contributed by atoms with Crippen molar-refractivity contribution in [1.82, 2.24) is 29.4 Å². The van der Waals surface area contributed by atoms with Gasteiger partial charge in [0.05, 0.1) is 30.3 Å². The lowest BCUT2D eigenvalue weighted by Gasteiger charge is -2.16. The zero-order valence-corrected chi connectivity index (χ0v) is 21.9. The van der Waals surface area contributed by atoms with Gasteiger partial charge in [0.2, 0.25) is 11.8 Å². The van der Waals surface area contributed by atoms with Crippen molar-refractivity contribution >= 4 is 28.7 Å². The molecule has 1 aliphatic rings. The normalized spacial score (nSPS) is 14.1. The summed E-state index contributed by atoms with van der Waals surface area (Å²) >= 11 is 6.77. The van der Waals surface area contributed by atoms with Crippen LogP contribution in [0.4, 0.5) is 0 Å². The number of ether oxygens (including phenoxy) is 1. The fourth-order valence-electron chi connectivity index (χ4n) is 4.14. The minimum Gasteiger partial charge on any atom is -0.470 e. The van der Waals surface area contributed by atoms with Crippen LogP contribution in [0.15, 0.2) is 42.9 Å². The minimum atomic E-state index is -0.224. The molecule has 1 aromatic carbocycles. The third-order valence-electron chi connectivity index (χ3n) is 6.58. The number of aromatic nitrogens is 5. The van der Waals surface area contributed by atoms with Crippen molar-refractivity contribution in [2.45, 2.75) is 45.3 Å². The highest BCUT2D eigenvalue weighted by atomic mass is 35.5. The second kappa shape index (κ2) is 10.1. The molecule has 1 N–H and O–H groups in total. The number of pyridine rings is 1. The fraction of sp³-hybridized carbons (Fsp3) is 0.370. The van der Waals surface area contributed by atoms with Gasteiger partial charge in [0.15, 0.2) is 11.2 Å². The summed E-state index contributed by atoms with van der Waals surface area (Å²) in [5, 5.41) is 9.57. The molecule has 1 aliphatic carbocycles.